The predicted octanol–water partition coefficient (Wildman–Crippen LogP) is 0.415. The molecule has 0 unspecified atom stereocenters. The van der Waals surface area contributed by atoms with Crippen molar-refractivity contribution in [3.05, 3.63) is 29.3 Å². The number of rotatable bonds is 1. The first kappa shape index (κ1) is 7.58. The number of hydrogen-bond donors (Lipinski definition) is 2. The number of hydrazine groups is 1. The van der Waals surface area contributed by atoms with Crippen LogP contribution in [0.5, 0.6) is 0 Å². The third-order valence-electron chi connectivity index (χ3n) is 2.33. The second kappa shape index (κ2) is 2.77. The van der Waals surface area contributed by atoms with Crippen LogP contribution >= 0.6 is 0 Å². The Bertz CT molecular complexity index is 299. The van der Waals surface area contributed by atoms with Crippen molar-refractivity contribution in [2.24, 2.45) is 5.84 Å². The summed E-state index contributed by atoms with van der Waals surface area (Å²) in [7, 11) is 0. The van der Waals surface area contributed by atoms with Gasteiger partial charge in [-0.2, -0.15) is 0 Å². The molecule has 0 atom stereocenters. The van der Waals surface area contributed by atoms with E-state index in [0.717, 1.165) is 24.2 Å². The summed E-state index contributed by atoms with van der Waals surface area (Å²) in [5.41, 5.74) is 3.25. The van der Waals surface area contributed by atoms with E-state index in [1.165, 1.54) is 5.56 Å². The van der Waals surface area contributed by atoms with Crippen molar-refractivity contribution in [3.8, 4) is 0 Å². The van der Waals surface area contributed by atoms with Crippen molar-refractivity contribution in [2.45, 2.75) is 13.0 Å². The van der Waals surface area contributed by atoms with Crippen LogP contribution in [0.1, 0.15) is 11.1 Å². The molecule has 1 aromatic rings. The first-order valence-electron chi connectivity index (χ1n) is 4.07. The Balaban J connectivity index is 2.50. The number of nitrogens with two attached hydrogens (primary N) is 1. The molecule has 0 spiro atoms. The summed E-state index contributed by atoms with van der Waals surface area (Å²) in [6.45, 7) is 0.962. The normalized spacial score (nSPS) is 15.0. The van der Waals surface area contributed by atoms with Gasteiger partial charge in [-0.15, -0.1) is 0 Å². The molecule has 3 heteroatoms. The minimum atomic E-state index is 0.108. The maximum atomic E-state index is 9.03. The van der Waals surface area contributed by atoms with Gasteiger partial charge in [-0.25, -0.2) is 5.84 Å². The molecule has 0 bridgehead atoms. The van der Waals surface area contributed by atoms with Gasteiger partial charge in [0.25, 0.3) is 0 Å². The van der Waals surface area contributed by atoms with Crippen molar-refractivity contribution in [1.29, 1.82) is 0 Å². The average Bonchev–Trinajstić information content (AvgIpc) is 2.48. The maximum absolute atomic E-state index is 9.03. The molecule has 12 heavy (non-hydrogen) atoms. The van der Waals surface area contributed by atoms with Crippen LogP contribution in [-0.2, 0) is 13.0 Å². The lowest BCUT2D eigenvalue weighted by Gasteiger charge is -2.11. The molecule has 0 radical (unpaired) electrons. The Morgan fingerprint density at radius 3 is 3.08 bits per heavy atom. The van der Waals surface area contributed by atoms with Gasteiger partial charge in [0.05, 0.1) is 12.3 Å². The first-order chi connectivity index (χ1) is 5.83. The zero-order chi connectivity index (χ0) is 8.55. The molecule has 1 heterocycles. The van der Waals surface area contributed by atoms with Crippen molar-refractivity contribution in [2.75, 3.05) is 11.6 Å². The zero-order valence-electron chi connectivity index (χ0n) is 6.83. The molecule has 0 aromatic heterocycles. The Kier molecular flexibility index (Phi) is 1.75. The predicted molar refractivity (Wildman–Crippen MR) is 47.6 cm³/mol. The Morgan fingerprint density at radius 2 is 2.33 bits per heavy atom. The van der Waals surface area contributed by atoms with Gasteiger partial charge in [-0.3, -0.25) is 0 Å². The smallest absolute Gasteiger partial charge is 0.0685 e. The number of anilines is 1. The van der Waals surface area contributed by atoms with Gasteiger partial charge in [0.15, 0.2) is 0 Å². The third kappa shape index (κ3) is 0.983. The van der Waals surface area contributed by atoms with E-state index in [1.54, 1.807) is 5.01 Å². The van der Waals surface area contributed by atoms with Crippen molar-refractivity contribution in [3.63, 3.8) is 0 Å². The standard InChI is InChI=1S/C9H12N2O/c10-11-5-4-8-7(6-12)2-1-3-9(8)11/h1-3,12H,4-6,10H2. The summed E-state index contributed by atoms with van der Waals surface area (Å²) in [6.07, 6.45) is 0.947. The summed E-state index contributed by atoms with van der Waals surface area (Å²) in [5, 5.41) is 10.8. The van der Waals surface area contributed by atoms with Crippen LogP contribution in [0.2, 0.25) is 0 Å². The summed E-state index contributed by atoms with van der Waals surface area (Å²) < 4.78 is 0. The molecule has 1 aromatic carbocycles. The molecule has 0 fully saturated rings. The largest absolute Gasteiger partial charge is 0.392 e. The lowest BCUT2D eigenvalue weighted by Crippen LogP contribution is -2.27. The SMILES string of the molecule is NN1CCc2c(CO)cccc21. The van der Waals surface area contributed by atoms with Crippen molar-refractivity contribution < 1.29 is 5.11 Å². The summed E-state index contributed by atoms with van der Waals surface area (Å²) >= 11 is 0. The molecule has 1 aliphatic heterocycles. The van der Waals surface area contributed by atoms with Gasteiger partial charge in [-0.1, -0.05) is 12.1 Å². The number of hydrogen-bond acceptors (Lipinski definition) is 3. The minimum Gasteiger partial charge on any atom is -0.392 e. The van der Waals surface area contributed by atoms with Crippen LogP contribution in [0.4, 0.5) is 5.69 Å². The van der Waals surface area contributed by atoms with Crippen molar-refractivity contribution in [1.82, 2.24) is 0 Å². The number of aliphatic hydroxyl groups is 1. The molecule has 0 saturated heterocycles. The second-order valence-corrected chi connectivity index (χ2v) is 3.02. The van der Waals surface area contributed by atoms with Crippen LogP contribution in [0.25, 0.3) is 0 Å². The van der Waals surface area contributed by atoms with Gasteiger partial charge in [-0.05, 0) is 23.6 Å². The molecular weight excluding hydrogens is 152 g/mol. The van der Waals surface area contributed by atoms with Crippen LogP contribution < -0.4 is 10.9 Å². The molecule has 3 N–H and O–H groups in total. The summed E-state index contributed by atoms with van der Waals surface area (Å²) in [4.78, 5) is 0. The Hall–Kier alpha value is -1.06. The Morgan fingerprint density at radius 1 is 1.50 bits per heavy atom. The molecule has 3 nitrogen and oxygen atoms in total. The molecule has 0 aliphatic carbocycles. The quantitative estimate of drug-likeness (QED) is 0.591. The fraction of sp³-hybridized carbons (Fsp3) is 0.333. The summed E-state index contributed by atoms with van der Waals surface area (Å²) in [5.74, 6) is 5.72. The van der Waals surface area contributed by atoms with E-state index in [4.69, 9.17) is 10.9 Å². The van der Waals surface area contributed by atoms with Crippen LogP contribution in [0, 0.1) is 0 Å². The van der Waals surface area contributed by atoms with Gasteiger partial charge < -0.3 is 10.1 Å². The van der Waals surface area contributed by atoms with E-state index in [1.807, 2.05) is 18.2 Å². The van der Waals surface area contributed by atoms with Gasteiger partial charge in [0.2, 0.25) is 0 Å². The zero-order valence-corrected chi connectivity index (χ0v) is 6.83. The van der Waals surface area contributed by atoms with E-state index in [-0.39, 0.29) is 6.61 Å². The second-order valence-electron chi connectivity index (χ2n) is 3.02. The number of fused-ring (bicyclic) bond motifs is 1. The molecule has 64 valence electrons. The van der Waals surface area contributed by atoms with E-state index in [2.05, 4.69) is 0 Å². The Labute approximate surface area is 71.4 Å². The van der Waals surface area contributed by atoms with Gasteiger partial charge in [0, 0.05) is 6.54 Å². The number of benzene rings is 1. The van der Waals surface area contributed by atoms with E-state index < -0.39 is 0 Å². The van der Waals surface area contributed by atoms with Crippen LogP contribution in [0.3, 0.4) is 0 Å². The fourth-order valence-corrected chi connectivity index (χ4v) is 1.68. The van der Waals surface area contributed by atoms with E-state index >= 15 is 0 Å². The molecule has 2 rings (SSSR count). The highest BCUT2D eigenvalue weighted by atomic mass is 16.3. The first-order valence-corrected chi connectivity index (χ1v) is 4.07. The van der Waals surface area contributed by atoms with Gasteiger partial charge >= 0.3 is 0 Å². The summed E-state index contributed by atoms with van der Waals surface area (Å²) in [6, 6.07) is 5.86. The van der Waals surface area contributed by atoms with E-state index in [9.17, 15) is 0 Å². The molecule has 0 saturated carbocycles. The molecule has 1 aliphatic rings. The highest BCUT2D eigenvalue weighted by Gasteiger charge is 2.18. The topological polar surface area (TPSA) is 49.5 Å². The van der Waals surface area contributed by atoms with Gasteiger partial charge in [0.1, 0.15) is 0 Å². The lowest BCUT2D eigenvalue weighted by atomic mass is 10.1. The maximum Gasteiger partial charge on any atom is 0.0685 e. The third-order valence-corrected chi connectivity index (χ3v) is 2.33. The van der Waals surface area contributed by atoms with Crippen LogP contribution in [0.15, 0.2) is 18.2 Å². The molecule has 0 amide bonds. The number of aliphatic hydroxyl groups excluding tert-OH is 1. The molecular formula is C9H12N2O. The van der Waals surface area contributed by atoms with Crippen LogP contribution in [-0.4, -0.2) is 11.7 Å². The van der Waals surface area contributed by atoms with E-state index in [0.29, 0.717) is 0 Å². The highest BCUT2D eigenvalue weighted by Crippen LogP contribution is 2.28. The minimum absolute atomic E-state index is 0.108. The fourth-order valence-electron chi connectivity index (χ4n) is 1.68. The van der Waals surface area contributed by atoms with Crippen molar-refractivity contribution >= 4 is 5.69 Å². The monoisotopic (exact) mass is 164 g/mol. The number of nitrogens with zero attached hydrogens (tertiary/aromatic N) is 1. The lowest BCUT2D eigenvalue weighted by molar-refractivity contribution is 0.281. The average molecular weight is 164 g/mol. The highest BCUT2D eigenvalue weighted by molar-refractivity contribution is 5.59.